The highest BCUT2D eigenvalue weighted by Crippen LogP contribution is 2.38. The van der Waals surface area contributed by atoms with E-state index in [4.69, 9.17) is 9.15 Å². The van der Waals surface area contributed by atoms with E-state index in [-0.39, 0.29) is 0 Å². The summed E-state index contributed by atoms with van der Waals surface area (Å²) in [6.07, 6.45) is 0. The first-order chi connectivity index (χ1) is 9.93. The molecule has 4 heteroatoms. The molecule has 2 rings (SSSR count). The summed E-state index contributed by atoms with van der Waals surface area (Å²) < 4.78 is 12.4. The van der Waals surface area contributed by atoms with Crippen LogP contribution in [-0.2, 0) is 6.54 Å². The third-order valence-corrected chi connectivity index (χ3v) is 4.07. The zero-order chi connectivity index (χ0) is 15.6. The molecule has 0 bridgehead atoms. The van der Waals surface area contributed by atoms with Crippen molar-refractivity contribution in [2.75, 3.05) is 13.7 Å². The van der Waals surface area contributed by atoms with Crippen molar-refractivity contribution in [3.05, 3.63) is 27.9 Å². The molecule has 0 aliphatic rings. The van der Waals surface area contributed by atoms with Crippen LogP contribution in [0.1, 0.15) is 44.9 Å². The van der Waals surface area contributed by atoms with Gasteiger partial charge in [-0.3, -0.25) is 0 Å². The lowest BCUT2D eigenvalue weighted by molar-refractivity contribution is 0.415. The quantitative estimate of drug-likeness (QED) is 0.786. The van der Waals surface area contributed by atoms with Crippen LogP contribution < -0.4 is 10.1 Å². The van der Waals surface area contributed by atoms with Gasteiger partial charge >= 0.3 is 0 Å². The number of furan rings is 1. The molecule has 3 nitrogen and oxygen atoms in total. The van der Waals surface area contributed by atoms with Crippen LogP contribution in [0.3, 0.4) is 0 Å². The van der Waals surface area contributed by atoms with E-state index >= 15 is 0 Å². The average Bonchev–Trinajstić information content (AvgIpc) is 2.77. The number of hydrogen-bond donors (Lipinski definition) is 1. The minimum Gasteiger partial charge on any atom is -0.497 e. The molecule has 1 N–H and O–H groups in total. The summed E-state index contributed by atoms with van der Waals surface area (Å²) in [5.41, 5.74) is 2.17. The van der Waals surface area contributed by atoms with Crippen molar-refractivity contribution in [2.24, 2.45) is 5.92 Å². The second-order valence-corrected chi connectivity index (χ2v) is 6.96. The lowest BCUT2D eigenvalue weighted by Gasteiger charge is -2.09. The number of ether oxygens (including phenoxy) is 1. The van der Waals surface area contributed by atoms with Crippen LogP contribution in [0.5, 0.6) is 5.75 Å². The van der Waals surface area contributed by atoms with Gasteiger partial charge in [0.1, 0.15) is 17.1 Å². The summed E-state index contributed by atoms with van der Waals surface area (Å²) in [6.45, 7) is 10.5. The van der Waals surface area contributed by atoms with Crippen molar-refractivity contribution in [2.45, 2.75) is 40.2 Å². The normalized spacial score (nSPS) is 11.8. The van der Waals surface area contributed by atoms with E-state index in [1.54, 1.807) is 7.11 Å². The molecule has 1 aromatic carbocycles. The van der Waals surface area contributed by atoms with Crippen LogP contribution in [0.4, 0.5) is 0 Å². The fourth-order valence-electron chi connectivity index (χ4n) is 2.56. The van der Waals surface area contributed by atoms with Crippen molar-refractivity contribution in [1.82, 2.24) is 5.32 Å². The van der Waals surface area contributed by atoms with Crippen LogP contribution in [0.15, 0.2) is 21.0 Å². The summed E-state index contributed by atoms with van der Waals surface area (Å²) in [4.78, 5) is 0. The molecule has 0 amide bonds. The largest absolute Gasteiger partial charge is 0.497 e. The van der Waals surface area contributed by atoms with Gasteiger partial charge in [-0.15, -0.1) is 0 Å². The number of rotatable bonds is 6. The lowest BCUT2D eigenvalue weighted by Crippen LogP contribution is -2.19. The number of nitrogens with one attached hydrogen (secondary N) is 1. The molecule has 1 heterocycles. The number of hydrogen-bond acceptors (Lipinski definition) is 3. The zero-order valence-corrected chi connectivity index (χ0v) is 15.0. The average molecular weight is 354 g/mol. The van der Waals surface area contributed by atoms with Crippen LogP contribution >= 0.6 is 15.9 Å². The molecule has 0 saturated heterocycles. The molecule has 0 spiro atoms. The van der Waals surface area contributed by atoms with Gasteiger partial charge in [0.15, 0.2) is 0 Å². The molecule has 0 radical (unpaired) electrons. The maximum Gasteiger partial charge on any atom is 0.149 e. The highest BCUT2D eigenvalue weighted by atomic mass is 79.9. The number of halogens is 1. The predicted octanol–water partition coefficient (Wildman–Crippen LogP) is 5.07. The Kier molecular flexibility index (Phi) is 5.33. The van der Waals surface area contributed by atoms with Crippen molar-refractivity contribution in [3.63, 3.8) is 0 Å². The molecule has 2 aromatic rings. The van der Waals surface area contributed by atoms with Crippen molar-refractivity contribution in [3.8, 4) is 5.75 Å². The minimum absolute atomic E-state index is 0.404. The lowest BCUT2D eigenvalue weighted by atomic mass is 9.99. The first-order valence-corrected chi connectivity index (χ1v) is 8.22. The minimum atomic E-state index is 0.404. The molecule has 0 saturated carbocycles. The van der Waals surface area contributed by atoms with Gasteiger partial charge in [-0.2, -0.15) is 0 Å². The number of fused-ring (bicyclic) bond motifs is 1. The maximum atomic E-state index is 6.11. The Hall–Kier alpha value is -1.00. The Balaban J connectivity index is 2.45. The second-order valence-electron chi connectivity index (χ2n) is 6.10. The number of methoxy groups -OCH3 is 1. The summed E-state index contributed by atoms with van der Waals surface area (Å²) in [6, 6.07) is 4.01. The summed E-state index contributed by atoms with van der Waals surface area (Å²) >= 11 is 3.58. The molecule has 116 valence electrons. The van der Waals surface area contributed by atoms with Gasteiger partial charge in [-0.1, -0.05) is 27.7 Å². The Morgan fingerprint density at radius 1 is 1.24 bits per heavy atom. The first kappa shape index (κ1) is 16.4. The third kappa shape index (κ3) is 3.61. The van der Waals surface area contributed by atoms with Crippen LogP contribution in [0.2, 0.25) is 0 Å². The van der Waals surface area contributed by atoms with Crippen molar-refractivity contribution in [1.29, 1.82) is 0 Å². The van der Waals surface area contributed by atoms with Gasteiger partial charge < -0.3 is 14.5 Å². The summed E-state index contributed by atoms with van der Waals surface area (Å²) in [5.74, 6) is 2.90. The Morgan fingerprint density at radius 3 is 2.52 bits per heavy atom. The van der Waals surface area contributed by atoms with Crippen LogP contribution in [-0.4, -0.2) is 13.7 Å². The van der Waals surface area contributed by atoms with Crippen LogP contribution in [0.25, 0.3) is 11.0 Å². The van der Waals surface area contributed by atoms with Gasteiger partial charge in [-0.05, 0) is 46.4 Å². The van der Waals surface area contributed by atoms with E-state index in [2.05, 4.69) is 55.0 Å². The van der Waals surface area contributed by atoms with E-state index in [9.17, 15) is 0 Å². The smallest absolute Gasteiger partial charge is 0.149 e. The van der Waals surface area contributed by atoms with Gasteiger partial charge in [0.25, 0.3) is 0 Å². The molecular formula is C17H24BrNO2. The Bertz CT molecular complexity index is 617. The predicted molar refractivity (Wildman–Crippen MR) is 91.1 cm³/mol. The zero-order valence-electron chi connectivity index (χ0n) is 13.4. The molecule has 0 aliphatic carbocycles. The molecule has 0 fully saturated rings. The Morgan fingerprint density at radius 2 is 1.95 bits per heavy atom. The highest BCUT2D eigenvalue weighted by Gasteiger charge is 2.19. The highest BCUT2D eigenvalue weighted by molar-refractivity contribution is 9.10. The molecule has 1 aromatic heterocycles. The maximum absolute atomic E-state index is 6.11. The van der Waals surface area contributed by atoms with E-state index in [1.165, 1.54) is 5.56 Å². The SMILES string of the molecule is COc1cc(Br)c2oc(CNCC(C)C)c(C(C)C)c2c1. The monoisotopic (exact) mass is 353 g/mol. The van der Waals surface area contributed by atoms with E-state index < -0.39 is 0 Å². The standard InChI is InChI=1S/C17H24BrNO2/c1-10(2)8-19-9-15-16(11(3)4)13-6-12(20-5)7-14(18)17(13)21-15/h6-7,10-11,19H,8-9H2,1-5H3. The van der Waals surface area contributed by atoms with Gasteiger partial charge in [-0.25, -0.2) is 0 Å². The van der Waals surface area contributed by atoms with Crippen molar-refractivity contribution >= 4 is 26.9 Å². The van der Waals surface area contributed by atoms with Crippen molar-refractivity contribution < 1.29 is 9.15 Å². The fourth-order valence-corrected chi connectivity index (χ4v) is 3.08. The van der Waals surface area contributed by atoms with E-state index in [0.29, 0.717) is 11.8 Å². The summed E-state index contributed by atoms with van der Waals surface area (Å²) in [7, 11) is 1.69. The van der Waals surface area contributed by atoms with E-state index in [1.807, 2.05) is 6.07 Å². The second kappa shape index (κ2) is 6.84. The topological polar surface area (TPSA) is 34.4 Å². The molecule has 0 atom stereocenters. The third-order valence-electron chi connectivity index (χ3n) is 3.48. The number of benzene rings is 1. The molecule has 21 heavy (non-hydrogen) atoms. The fraction of sp³-hybridized carbons (Fsp3) is 0.529. The summed E-state index contributed by atoms with van der Waals surface area (Å²) in [5, 5.41) is 4.60. The van der Waals surface area contributed by atoms with Gasteiger partial charge in [0, 0.05) is 10.9 Å². The Labute approximate surface area is 135 Å². The first-order valence-electron chi connectivity index (χ1n) is 7.43. The molecule has 0 aliphatic heterocycles. The van der Waals surface area contributed by atoms with E-state index in [0.717, 1.165) is 40.0 Å². The van der Waals surface area contributed by atoms with Crippen LogP contribution in [0, 0.1) is 5.92 Å². The van der Waals surface area contributed by atoms with Gasteiger partial charge in [0.2, 0.25) is 0 Å². The molecule has 0 unspecified atom stereocenters. The van der Waals surface area contributed by atoms with Gasteiger partial charge in [0.05, 0.1) is 18.1 Å². The molecular weight excluding hydrogens is 330 g/mol.